The van der Waals surface area contributed by atoms with E-state index < -0.39 is 0 Å². The molecule has 1 aliphatic heterocycles. The zero-order chi connectivity index (χ0) is 11.1. The second-order valence-corrected chi connectivity index (χ2v) is 3.95. The number of hydrogen-bond acceptors (Lipinski definition) is 2. The molecule has 86 valence electrons. The average molecular weight is 201 g/mol. The van der Waals surface area contributed by atoms with Crippen LogP contribution in [0, 0.1) is 5.92 Å². The third kappa shape index (κ3) is 3.58. The minimum Gasteiger partial charge on any atom is -0.375 e. The molecule has 0 saturated carbocycles. The molecule has 0 aromatic carbocycles. The van der Waals surface area contributed by atoms with Crippen molar-refractivity contribution in [1.29, 1.82) is 0 Å². The van der Waals surface area contributed by atoms with Gasteiger partial charge in [0.05, 0.1) is 12.7 Å². The summed E-state index contributed by atoms with van der Waals surface area (Å²) < 4.78 is 5.74. The van der Waals surface area contributed by atoms with Gasteiger partial charge in [0.2, 0.25) is 0 Å². The Morgan fingerprint density at radius 2 is 1.93 bits per heavy atom. The molecule has 0 radical (unpaired) electrons. The number of ether oxygens (including phenoxy) is 1. The number of likely N-dealkylation sites (N-methyl/N-ethyl adjacent to an activating group) is 1. The Balaban J connectivity index is 0.000000791. The van der Waals surface area contributed by atoms with Crippen molar-refractivity contribution in [1.82, 2.24) is 4.90 Å². The van der Waals surface area contributed by atoms with Gasteiger partial charge in [-0.3, -0.25) is 4.90 Å². The largest absolute Gasteiger partial charge is 0.375 e. The standard InChI is InChI=1S/C10H21NO.C2H6/c1-5-11-6-7-12-10(8(2)3)9(11)4;1-2/h8-10H,5-7H2,1-4H3;1-2H3. The minimum atomic E-state index is 0.429. The van der Waals surface area contributed by atoms with Gasteiger partial charge in [-0.05, 0) is 19.4 Å². The molecule has 0 N–H and O–H groups in total. The highest BCUT2D eigenvalue weighted by atomic mass is 16.5. The Morgan fingerprint density at radius 3 is 2.36 bits per heavy atom. The van der Waals surface area contributed by atoms with Crippen LogP contribution in [0.4, 0.5) is 0 Å². The first kappa shape index (κ1) is 13.9. The Kier molecular flexibility index (Phi) is 7.20. The molecule has 14 heavy (non-hydrogen) atoms. The molecule has 0 bridgehead atoms. The van der Waals surface area contributed by atoms with Crippen LogP contribution >= 0.6 is 0 Å². The monoisotopic (exact) mass is 201 g/mol. The fraction of sp³-hybridized carbons (Fsp3) is 1.00. The highest BCUT2D eigenvalue weighted by molar-refractivity contribution is 4.81. The summed E-state index contributed by atoms with van der Waals surface area (Å²) in [4.78, 5) is 2.49. The van der Waals surface area contributed by atoms with Crippen LogP contribution in [0.1, 0.15) is 41.5 Å². The van der Waals surface area contributed by atoms with Gasteiger partial charge >= 0.3 is 0 Å². The van der Waals surface area contributed by atoms with Crippen molar-refractivity contribution in [2.45, 2.75) is 53.7 Å². The second kappa shape index (κ2) is 7.24. The van der Waals surface area contributed by atoms with Gasteiger partial charge in [0.25, 0.3) is 0 Å². The topological polar surface area (TPSA) is 12.5 Å². The molecule has 1 saturated heterocycles. The molecule has 0 amide bonds. The van der Waals surface area contributed by atoms with Crippen LogP contribution in [-0.2, 0) is 4.74 Å². The maximum absolute atomic E-state index is 5.74. The maximum atomic E-state index is 5.74. The van der Waals surface area contributed by atoms with E-state index in [4.69, 9.17) is 4.74 Å². The molecule has 0 aromatic heterocycles. The SMILES string of the molecule is CC.CCN1CCOC(C(C)C)C1C. The fourth-order valence-corrected chi connectivity index (χ4v) is 2.05. The number of morpholine rings is 1. The lowest BCUT2D eigenvalue weighted by atomic mass is 9.98. The Labute approximate surface area is 89.6 Å². The molecule has 2 atom stereocenters. The minimum absolute atomic E-state index is 0.429. The first-order valence-electron chi connectivity index (χ1n) is 6.02. The van der Waals surface area contributed by atoms with E-state index in [2.05, 4.69) is 32.6 Å². The Bertz CT molecular complexity index is 136. The third-order valence-corrected chi connectivity index (χ3v) is 2.80. The van der Waals surface area contributed by atoms with Crippen molar-refractivity contribution in [3.63, 3.8) is 0 Å². The zero-order valence-corrected chi connectivity index (χ0v) is 10.7. The van der Waals surface area contributed by atoms with E-state index in [1.165, 1.54) is 0 Å². The molecule has 1 heterocycles. The quantitative estimate of drug-likeness (QED) is 0.681. The molecule has 2 heteroatoms. The van der Waals surface area contributed by atoms with Gasteiger partial charge in [0.15, 0.2) is 0 Å². The summed E-state index contributed by atoms with van der Waals surface area (Å²) in [5, 5.41) is 0. The lowest BCUT2D eigenvalue weighted by Crippen LogP contribution is -2.51. The van der Waals surface area contributed by atoms with E-state index in [1.807, 2.05) is 13.8 Å². The van der Waals surface area contributed by atoms with Crippen molar-refractivity contribution in [2.24, 2.45) is 5.92 Å². The van der Waals surface area contributed by atoms with Gasteiger partial charge in [0, 0.05) is 12.6 Å². The highest BCUT2D eigenvalue weighted by Crippen LogP contribution is 2.19. The van der Waals surface area contributed by atoms with Crippen molar-refractivity contribution >= 4 is 0 Å². The van der Waals surface area contributed by atoms with E-state index in [9.17, 15) is 0 Å². The molecule has 0 spiro atoms. The van der Waals surface area contributed by atoms with Gasteiger partial charge in [-0.15, -0.1) is 0 Å². The maximum Gasteiger partial charge on any atom is 0.0751 e. The lowest BCUT2D eigenvalue weighted by molar-refractivity contribution is -0.0834. The van der Waals surface area contributed by atoms with Gasteiger partial charge in [-0.1, -0.05) is 34.6 Å². The van der Waals surface area contributed by atoms with Gasteiger partial charge < -0.3 is 4.74 Å². The summed E-state index contributed by atoms with van der Waals surface area (Å²) in [5.41, 5.74) is 0. The van der Waals surface area contributed by atoms with Crippen molar-refractivity contribution in [2.75, 3.05) is 19.7 Å². The average Bonchev–Trinajstić information content (AvgIpc) is 2.21. The van der Waals surface area contributed by atoms with E-state index >= 15 is 0 Å². The predicted molar refractivity (Wildman–Crippen MR) is 62.6 cm³/mol. The van der Waals surface area contributed by atoms with Crippen molar-refractivity contribution < 1.29 is 4.74 Å². The van der Waals surface area contributed by atoms with E-state index in [1.54, 1.807) is 0 Å². The molecule has 1 fully saturated rings. The summed E-state index contributed by atoms with van der Waals surface area (Å²) in [6.45, 7) is 16.1. The van der Waals surface area contributed by atoms with Crippen LogP contribution in [-0.4, -0.2) is 36.7 Å². The normalized spacial score (nSPS) is 28.5. The first-order chi connectivity index (χ1) is 6.66. The van der Waals surface area contributed by atoms with Crippen molar-refractivity contribution in [3.05, 3.63) is 0 Å². The first-order valence-corrected chi connectivity index (χ1v) is 6.02. The van der Waals surface area contributed by atoms with E-state index in [0.717, 1.165) is 19.7 Å². The van der Waals surface area contributed by atoms with Gasteiger partial charge in [-0.25, -0.2) is 0 Å². The molecular formula is C12H27NO. The molecular weight excluding hydrogens is 174 g/mol. The Morgan fingerprint density at radius 1 is 1.36 bits per heavy atom. The van der Waals surface area contributed by atoms with E-state index in [0.29, 0.717) is 18.1 Å². The predicted octanol–water partition coefficient (Wildman–Crippen LogP) is 2.78. The number of nitrogens with zero attached hydrogens (tertiary/aromatic N) is 1. The van der Waals surface area contributed by atoms with Gasteiger partial charge in [-0.2, -0.15) is 0 Å². The van der Waals surface area contributed by atoms with Crippen LogP contribution in [0.15, 0.2) is 0 Å². The highest BCUT2D eigenvalue weighted by Gasteiger charge is 2.29. The fourth-order valence-electron chi connectivity index (χ4n) is 2.05. The van der Waals surface area contributed by atoms with Crippen LogP contribution in [0.25, 0.3) is 0 Å². The molecule has 0 aliphatic carbocycles. The third-order valence-electron chi connectivity index (χ3n) is 2.80. The number of hydrogen-bond donors (Lipinski definition) is 0. The second-order valence-electron chi connectivity index (χ2n) is 3.95. The summed E-state index contributed by atoms with van der Waals surface area (Å²) >= 11 is 0. The molecule has 2 unspecified atom stereocenters. The summed E-state index contributed by atoms with van der Waals surface area (Å²) in [6.07, 6.45) is 0.429. The summed E-state index contributed by atoms with van der Waals surface area (Å²) in [5.74, 6) is 0.634. The summed E-state index contributed by atoms with van der Waals surface area (Å²) in [6, 6.07) is 0.587. The number of rotatable bonds is 2. The molecule has 1 aliphatic rings. The van der Waals surface area contributed by atoms with Crippen LogP contribution in [0.2, 0.25) is 0 Å². The molecule has 1 rings (SSSR count). The zero-order valence-electron chi connectivity index (χ0n) is 10.7. The Hall–Kier alpha value is -0.0800. The van der Waals surface area contributed by atoms with Crippen LogP contribution in [0.5, 0.6) is 0 Å². The summed E-state index contributed by atoms with van der Waals surface area (Å²) in [7, 11) is 0. The van der Waals surface area contributed by atoms with Crippen LogP contribution < -0.4 is 0 Å². The van der Waals surface area contributed by atoms with Gasteiger partial charge in [0.1, 0.15) is 0 Å². The molecule has 2 nitrogen and oxygen atoms in total. The van der Waals surface area contributed by atoms with E-state index in [-0.39, 0.29) is 0 Å². The van der Waals surface area contributed by atoms with Crippen LogP contribution in [0.3, 0.4) is 0 Å². The van der Waals surface area contributed by atoms with Crippen molar-refractivity contribution in [3.8, 4) is 0 Å². The smallest absolute Gasteiger partial charge is 0.0751 e. The molecule has 0 aromatic rings. The lowest BCUT2D eigenvalue weighted by Gasteiger charge is -2.40.